The van der Waals surface area contributed by atoms with Crippen LogP contribution in [0.3, 0.4) is 0 Å². The number of nitrogens with one attached hydrogen (secondary N) is 1. The van der Waals surface area contributed by atoms with Gasteiger partial charge in [0.1, 0.15) is 0 Å². The highest BCUT2D eigenvalue weighted by Gasteiger charge is 2.42. The Balaban J connectivity index is 1.47. The van der Waals surface area contributed by atoms with Crippen molar-refractivity contribution >= 4 is 11.9 Å². The number of nitrogens with zero attached hydrogens (tertiary/aromatic N) is 1. The summed E-state index contributed by atoms with van der Waals surface area (Å²) in [5, 5.41) is 3.13. The van der Waals surface area contributed by atoms with Crippen molar-refractivity contribution in [2.45, 2.75) is 38.1 Å². The number of urea groups is 1. The lowest BCUT2D eigenvalue weighted by Crippen LogP contribution is -2.49. The largest absolute Gasteiger partial charge is 0.369 e. The molecule has 1 aromatic carbocycles. The van der Waals surface area contributed by atoms with Crippen LogP contribution in [0.15, 0.2) is 30.3 Å². The molecule has 3 N–H and O–H groups in total. The molecule has 1 aromatic rings. The third-order valence-electron chi connectivity index (χ3n) is 5.25. The van der Waals surface area contributed by atoms with Gasteiger partial charge < -0.3 is 16.0 Å². The molecule has 2 aliphatic rings. The summed E-state index contributed by atoms with van der Waals surface area (Å²) in [5.41, 5.74) is 6.69. The molecule has 0 spiro atoms. The molecule has 1 saturated carbocycles. The average molecular weight is 315 g/mol. The Morgan fingerprint density at radius 3 is 2.48 bits per heavy atom. The van der Waals surface area contributed by atoms with Crippen LogP contribution in [0.4, 0.5) is 4.79 Å². The molecule has 0 radical (unpaired) electrons. The van der Waals surface area contributed by atoms with E-state index in [1.807, 2.05) is 6.07 Å². The molecule has 3 amide bonds. The number of carbonyl (C=O) groups is 2. The second-order valence-corrected chi connectivity index (χ2v) is 6.82. The molecule has 3 unspecified atom stereocenters. The average Bonchev–Trinajstić information content (AvgIpc) is 3.36. The summed E-state index contributed by atoms with van der Waals surface area (Å²) in [4.78, 5) is 25.3. The maximum absolute atomic E-state index is 12.4. The van der Waals surface area contributed by atoms with Crippen molar-refractivity contribution in [3.05, 3.63) is 35.9 Å². The molecule has 3 rings (SSSR count). The van der Waals surface area contributed by atoms with Crippen LogP contribution in [0.1, 0.15) is 37.7 Å². The summed E-state index contributed by atoms with van der Waals surface area (Å²) in [7, 11) is 0. The van der Waals surface area contributed by atoms with Crippen molar-refractivity contribution in [2.75, 3.05) is 13.1 Å². The second-order valence-electron chi connectivity index (χ2n) is 6.82. The summed E-state index contributed by atoms with van der Waals surface area (Å²) in [6.07, 6.45) is 2.48. The van der Waals surface area contributed by atoms with Gasteiger partial charge in [0, 0.05) is 25.0 Å². The van der Waals surface area contributed by atoms with Crippen molar-refractivity contribution in [1.82, 2.24) is 10.2 Å². The number of carbonyl (C=O) groups excluding carboxylic acids is 2. The van der Waals surface area contributed by atoms with Crippen molar-refractivity contribution in [2.24, 2.45) is 17.6 Å². The summed E-state index contributed by atoms with van der Waals surface area (Å²) in [5.74, 6) is 0.751. The molecule has 1 aliphatic carbocycles. The Morgan fingerprint density at radius 2 is 1.87 bits per heavy atom. The first kappa shape index (κ1) is 15.8. The molecule has 0 bridgehead atoms. The Bertz CT molecular complexity index is 567. The highest BCUT2D eigenvalue weighted by atomic mass is 16.2. The van der Waals surface area contributed by atoms with Gasteiger partial charge in [-0.2, -0.15) is 0 Å². The zero-order valence-electron chi connectivity index (χ0n) is 13.6. The van der Waals surface area contributed by atoms with Crippen LogP contribution < -0.4 is 11.1 Å². The molecule has 124 valence electrons. The Labute approximate surface area is 137 Å². The van der Waals surface area contributed by atoms with E-state index in [0.29, 0.717) is 37.8 Å². The third kappa shape index (κ3) is 3.66. The fraction of sp³-hybridized carbons (Fsp3) is 0.556. The van der Waals surface area contributed by atoms with Crippen LogP contribution in [-0.4, -0.2) is 36.0 Å². The molecule has 3 atom stereocenters. The number of hydrogen-bond donors (Lipinski definition) is 2. The van der Waals surface area contributed by atoms with E-state index in [1.165, 1.54) is 5.56 Å². The molecule has 1 aliphatic heterocycles. The summed E-state index contributed by atoms with van der Waals surface area (Å²) in [6.45, 7) is 3.31. The minimum atomic E-state index is -0.248. The zero-order valence-corrected chi connectivity index (χ0v) is 13.6. The second kappa shape index (κ2) is 6.60. The van der Waals surface area contributed by atoms with Gasteiger partial charge in [0.05, 0.1) is 0 Å². The first-order valence-electron chi connectivity index (χ1n) is 8.46. The van der Waals surface area contributed by atoms with Crippen molar-refractivity contribution in [3.63, 3.8) is 0 Å². The number of piperidine rings is 1. The minimum Gasteiger partial charge on any atom is -0.369 e. The van der Waals surface area contributed by atoms with Gasteiger partial charge in [0.2, 0.25) is 5.91 Å². The van der Waals surface area contributed by atoms with E-state index in [0.717, 1.165) is 6.42 Å². The number of rotatable bonds is 4. The molecule has 23 heavy (non-hydrogen) atoms. The molecule has 5 nitrogen and oxygen atoms in total. The highest BCUT2D eigenvalue weighted by molar-refractivity contribution is 5.78. The fourth-order valence-corrected chi connectivity index (χ4v) is 3.61. The predicted molar refractivity (Wildman–Crippen MR) is 88.8 cm³/mol. The lowest BCUT2D eigenvalue weighted by Gasteiger charge is -2.31. The number of amides is 3. The fourth-order valence-electron chi connectivity index (χ4n) is 3.61. The molecule has 2 fully saturated rings. The number of nitrogens with two attached hydrogens (primary N) is 1. The van der Waals surface area contributed by atoms with Crippen LogP contribution in [-0.2, 0) is 4.79 Å². The van der Waals surface area contributed by atoms with Crippen LogP contribution in [0.2, 0.25) is 0 Å². The summed E-state index contributed by atoms with van der Waals surface area (Å²) >= 11 is 0. The van der Waals surface area contributed by atoms with Crippen LogP contribution in [0.25, 0.3) is 0 Å². The lowest BCUT2D eigenvalue weighted by atomic mass is 9.96. The van der Waals surface area contributed by atoms with E-state index in [1.54, 1.807) is 4.90 Å². The van der Waals surface area contributed by atoms with Gasteiger partial charge in [-0.1, -0.05) is 30.3 Å². The van der Waals surface area contributed by atoms with Gasteiger partial charge in [-0.25, -0.2) is 4.79 Å². The maximum Gasteiger partial charge on any atom is 0.317 e. The zero-order chi connectivity index (χ0) is 16.4. The molecule has 5 heteroatoms. The summed E-state index contributed by atoms with van der Waals surface area (Å²) < 4.78 is 0. The van der Waals surface area contributed by atoms with Crippen LogP contribution in [0, 0.1) is 11.8 Å². The number of likely N-dealkylation sites (tertiary alicyclic amines) is 1. The molecular weight excluding hydrogens is 290 g/mol. The number of benzene rings is 1. The minimum absolute atomic E-state index is 0.0147. The first-order chi connectivity index (χ1) is 11.1. The van der Waals surface area contributed by atoms with E-state index >= 15 is 0 Å². The Morgan fingerprint density at radius 1 is 1.22 bits per heavy atom. The van der Waals surface area contributed by atoms with Gasteiger partial charge >= 0.3 is 6.03 Å². The van der Waals surface area contributed by atoms with E-state index in [-0.39, 0.29) is 23.9 Å². The monoisotopic (exact) mass is 315 g/mol. The van der Waals surface area contributed by atoms with E-state index in [2.05, 4.69) is 36.5 Å². The first-order valence-corrected chi connectivity index (χ1v) is 8.46. The van der Waals surface area contributed by atoms with Gasteiger partial charge in [0.25, 0.3) is 0 Å². The Hall–Kier alpha value is -2.04. The van der Waals surface area contributed by atoms with Crippen LogP contribution >= 0.6 is 0 Å². The van der Waals surface area contributed by atoms with Crippen molar-refractivity contribution < 1.29 is 9.59 Å². The quantitative estimate of drug-likeness (QED) is 0.892. The molecule has 1 saturated heterocycles. The molecular formula is C18H25N3O2. The van der Waals surface area contributed by atoms with Crippen molar-refractivity contribution in [1.29, 1.82) is 0 Å². The topological polar surface area (TPSA) is 75.4 Å². The van der Waals surface area contributed by atoms with Crippen molar-refractivity contribution in [3.8, 4) is 0 Å². The molecule has 1 heterocycles. The maximum atomic E-state index is 12.4. The number of hydrogen-bond acceptors (Lipinski definition) is 2. The van der Waals surface area contributed by atoms with Gasteiger partial charge in [0.15, 0.2) is 0 Å². The normalized spacial score (nSPS) is 25.7. The SMILES string of the molecule is CC(NC(=O)N1CCC(C(N)=O)CC1)C1CC1c1ccccc1. The van der Waals surface area contributed by atoms with Crippen LogP contribution in [0.5, 0.6) is 0 Å². The van der Waals surface area contributed by atoms with E-state index in [4.69, 9.17) is 5.73 Å². The smallest absolute Gasteiger partial charge is 0.317 e. The summed E-state index contributed by atoms with van der Waals surface area (Å²) in [6, 6.07) is 10.6. The predicted octanol–water partition coefficient (Wildman–Crippen LogP) is 2.09. The third-order valence-corrected chi connectivity index (χ3v) is 5.25. The lowest BCUT2D eigenvalue weighted by molar-refractivity contribution is -0.123. The Kier molecular flexibility index (Phi) is 4.55. The van der Waals surface area contributed by atoms with E-state index < -0.39 is 0 Å². The molecule has 0 aromatic heterocycles. The standard InChI is InChI=1S/C18H25N3O2/c1-12(15-11-16(15)13-5-3-2-4-6-13)20-18(23)21-9-7-14(8-10-21)17(19)22/h2-6,12,14-16H,7-11H2,1H3,(H2,19,22)(H,20,23). The highest BCUT2D eigenvalue weighted by Crippen LogP contribution is 2.49. The van der Waals surface area contributed by atoms with Gasteiger partial charge in [-0.05, 0) is 43.6 Å². The van der Waals surface area contributed by atoms with Gasteiger partial charge in [-0.15, -0.1) is 0 Å². The van der Waals surface area contributed by atoms with Gasteiger partial charge in [-0.3, -0.25) is 4.79 Å². The van der Waals surface area contributed by atoms with E-state index in [9.17, 15) is 9.59 Å². The number of primary amides is 1.